The molecule has 1 amide bonds. The molecule has 3 rings (SSSR count). The number of alkyl halides is 3. The van der Waals surface area contributed by atoms with Crippen LogP contribution in [-0.2, 0) is 6.18 Å². The minimum atomic E-state index is -4.62. The van der Waals surface area contributed by atoms with Crippen LogP contribution in [0, 0.1) is 0 Å². The third-order valence-corrected chi connectivity index (χ3v) is 4.35. The summed E-state index contributed by atoms with van der Waals surface area (Å²) in [5.41, 5.74) is -0.860. The van der Waals surface area contributed by atoms with Gasteiger partial charge < -0.3 is 10.3 Å². The number of hydrogen-bond donors (Lipinski definition) is 2. The molecule has 25 heavy (non-hydrogen) atoms. The van der Waals surface area contributed by atoms with Gasteiger partial charge in [0.1, 0.15) is 5.69 Å². The fraction of sp³-hybridized carbons (Fsp3) is 0.0588. The molecule has 0 bridgehead atoms. The molecule has 0 aliphatic carbocycles. The summed E-state index contributed by atoms with van der Waals surface area (Å²) < 4.78 is 38.3. The highest BCUT2D eigenvalue weighted by atomic mass is 32.1. The van der Waals surface area contributed by atoms with Crippen molar-refractivity contribution in [2.75, 3.05) is 5.32 Å². The lowest BCUT2D eigenvalue weighted by atomic mass is 10.1. The zero-order chi connectivity index (χ0) is 18.0. The van der Waals surface area contributed by atoms with E-state index in [-0.39, 0.29) is 0 Å². The second-order valence-corrected chi connectivity index (χ2v) is 6.03. The van der Waals surface area contributed by atoms with Gasteiger partial charge in [-0.2, -0.15) is 13.2 Å². The average Bonchev–Trinajstić information content (AvgIpc) is 3.06. The molecule has 8 heteroatoms. The highest BCUT2D eigenvalue weighted by molar-refractivity contribution is 7.12. The van der Waals surface area contributed by atoms with Crippen molar-refractivity contribution in [2.45, 2.75) is 6.18 Å². The minimum absolute atomic E-state index is 0.308. The van der Waals surface area contributed by atoms with Crippen LogP contribution in [0.1, 0.15) is 15.2 Å². The van der Waals surface area contributed by atoms with E-state index in [9.17, 15) is 22.8 Å². The highest BCUT2D eigenvalue weighted by Gasteiger charge is 2.31. The Bertz CT molecular complexity index is 962. The van der Waals surface area contributed by atoms with Crippen LogP contribution in [0.5, 0.6) is 0 Å². The lowest BCUT2D eigenvalue weighted by Crippen LogP contribution is -2.21. The highest BCUT2D eigenvalue weighted by Crippen LogP contribution is 2.31. The van der Waals surface area contributed by atoms with Crippen molar-refractivity contribution in [3.8, 4) is 11.1 Å². The van der Waals surface area contributed by atoms with E-state index in [0.717, 1.165) is 16.9 Å². The van der Waals surface area contributed by atoms with E-state index in [0.29, 0.717) is 22.7 Å². The van der Waals surface area contributed by atoms with Crippen molar-refractivity contribution in [1.29, 1.82) is 0 Å². The number of nitrogens with one attached hydrogen (secondary N) is 2. The lowest BCUT2D eigenvalue weighted by molar-refractivity contribution is -0.137. The molecule has 2 heterocycles. The van der Waals surface area contributed by atoms with Crippen molar-refractivity contribution in [2.24, 2.45) is 0 Å². The minimum Gasteiger partial charge on any atom is -0.327 e. The first kappa shape index (κ1) is 17.0. The van der Waals surface area contributed by atoms with E-state index < -0.39 is 28.9 Å². The Morgan fingerprint density at radius 1 is 1.12 bits per heavy atom. The number of hydrogen-bond acceptors (Lipinski definition) is 3. The van der Waals surface area contributed by atoms with Crippen molar-refractivity contribution < 1.29 is 18.0 Å². The van der Waals surface area contributed by atoms with Gasteiger partial charge >= 0.3 is 6.18 Å². The fourth-order valence-electron chi connectivity index (χ4n) is 2.25. The largest absolute Gasteiger partial charge is 0.417 e. The van der Waals surface area contributed by atoms with Gasteiger partial charge in [0.25, 0.3) is 11.5 Å². The molecular formula is C17H11F3N2O2S. The normalized spacial score (nSPS) is 11.3. The Balaban J connectivity index is 1.92. The van der Waals surface area contributed by atoms with E-state index in [1.807, 2.05) is 35.3 Å². The van der Waals surface area contributed by atoms with E-state index in [4.69, 9.17) is 0 Å². The van der Waals surface area contributed by atoms with E-state index in [1.165, 1.54) is 0 Å². The number of halogens is 3. The second kappa shape index (κ2) is 6.56. The number of rotatable bonds is 3. The smallest absolute Gasteiger partial charge is 0.327 e. The van der Waals surface area contributed by atoms with Gasteiger partial charge in [0, 0.05) is 11.8 Å². The average molecular weight is 364 g/mol. The maximum Gasteiger partial charge on any atom is 0.417 e. The van der Waals surface area contributed by atoms with Gasteiger partial charge in [-0.15, -0.1) is 11.3 Å². The molecule has 0 radical (unpaired) electrons. The van der Waals surface area contributed by atoms with E-state index >= 15 is 0 Å². The Morgan fingerprint density at radius 3 is 2.52 bits per heavy atom. The predicted molar refractivity (Wildman–Crippen MR) is 89.8 cm³/mol. The van der Waals surface area contributed by atoms with E-state index in [1.54, 1.807) is 11.4 Å². The zero-order valence-electron chi connectivity index (χ0n) is 12.6. The van der Waals surface area contributed by atoms with Gasteiger partial charge in [-0.05, 0) is 23.1 Å². The number of benzene rings is 1. The Kier molecular flexibility index (Phi) is 4.45. The molecular weight excluding hydrogens is 353 g/mol. The predicted octanol–water partition coefficient (Wildman–Crippen LogP) is 4.37. The molecule has 2 aromatic heterocycles. The molecule has 3 aromatic rings. The first-order chi connectivity index (χ1) is 11.9. The number of aromatic amines is 1. The molecule has 0 aliphatic heterocycles. The molecule has 128 valence electrons. The quantitative estimate of drug-likeness (QED) is 0.725. The summed E-state index contributed by atoms with van der Waals surface area (Å²) in [5.74, 6) is -0.640. The monoisotopic (exact) mass is 364 g/mol. The number of amides is 1. The zero-order valence-corrected chi connectivity index (χ0v) is 13.4. The molecule has 2 N–H and O–H groups in total. The summed E-state index contributed by atoms with van der Waals surface area (Å²) in [4.78, 5) is 26.5. The van der Waals surface area contributed by atoms with Crippen LogP contribution in [0.4, 0.5) is 18.9 Å². The summed E-state index contributed by atoms with van der Waals surface area (Å²) in [5, 5.41) is 3.96. The molecule has 0 atom stereocenters. The maximum absolute atomic E-state index is 12.8. The summed E-state index contributed by atoms with van der Waals surface area (Å²) in [6.07, 6.45) is -4.06. The number of carbonyl (C=O) groups excluding carboxylic acids is 1. The molecule has 0 saturated carbocycles. The van der Waals surface area contributed by atoms with Crippen LogP contribution in [0.2, 0.25) is 0 Å². The third-order valence-electron chi connectivity index (χ3n) is 3.44. The number of H-pyrrole nitrogens is 1. The maximum atomic E-state index is 12.8. The van der Waals surface area contributed by atoms with Gasteiger partial charge in [0.15, 0.2) is 0 Å². The van der Waals surface area contributed by atoms with E-state index in [2.05, 4.69) is 5.32 Å². The first-order valence-electron chi connectivity index (χ1n) is 7.10. The Labute approximate surface area is 144 Å². The van der Waals surface area contributed by atoms with Crippen molar-refractivity contribution in [1.82, 2.24) is 4.98 Å². The molecule has 4 nitrogen and oxygen atoms in total. The topological polar surface area (TPSA) is 62.0 Å². The van der Waals surface area contributed by atoms with Gasteiger partial charge in [0.05, 0.1) is 10.4 Å². The number of thiophene rings is 1. The number of carbonyl (C=O) groups is 1. The van der Waals surface area contributed by atoms with Crippen LogP contribution in [-0.4, -0.2) is 10.9 Å². The molecule has 1 aromatic carbocycles. The second-order valence-electron chi connectivity index (χ2n) is 5.11. The molecule has 0 fully saturated rings. The standard InChI is InChI=1S/C17H11F3N2O2S/c18-17(19,20)11-8-13(15(23)21-9-11)22-16(24)14-12(6-7-25-14)10-4-2-1-3-5-10/h1-9H,(H,21,23)(H,22,24). The number of pyridine rings is 1. The van der Waals surface area contributed by atoms with Gasteiger partial charge in [0.2, 0.25) is 0 Å². The van der Waals surface area contributed by atoms with Gasteiger partial charge in [-0.1, -0.05) is 30.3 Å². The summed E-state index contributed by atoms with van der Waals surface area (Å²) >= 11 is 1.14. The summed E-state index contributed by atoms with van der Waals surface area (Å²) in [7, 11) is 0. The molecule has 0 saturated heterocycles. The van der Waals surface area contributed by atoms with Crippen molar-refractivity contribution in [3.63, 3.8) is 0 Å². The fourth-order valence-corrected chi connectivity index (χ4v) is 3.06. The van der Waals surface area contributed by atoms with Crippen LogP contribution in [0.3, 0.4) is 0 Å². The third kappa shape index (κ3) is 3.63. The molecule has 0 aliphatic rings. The Hall–Kier alpha value is -2.87. The SMILES string of the molecule is O=C(Nc1cc(C(F)(F)F)c[nH]c1=O)c1sccc1-c1ccccc1. The molecule has 0 spiro atoms. The lowest BCUT2D eigenvalue weighted by Gasteiger charge is -2.09. The molecule has 0 unspecified atom stereocenters. The van der Waals surface area contributed by atoms with Crippen LogP contribution in [0.15, 0.2) is 58.8 Å². The first-order valence-corrected chi connectivity index (χ1v) is 7.98. The van der Waals surface area contributed by atoms with Crippen molar-refractivity contribution >= 4 is 22.9 Å². The van der Waals surface area contributed by atoms with Gasteiger partial charge in [-0.3, -0.25) is 9.59 Å². The summed E-state index contributed by atoms with van der Waals surface area (Å²) in [6, 6.07) is 11.4. The Morgan fingerprint density at radius 2 is 1.84 bits per heavy atom. The van der Waals surface area contributed by atoms with Gasteiger partial charge in [-0.25, -0.2) is 0 Å². The number of aromatic nitrogens is 1. The van der Waals surface area contributed by atoms with Crippen LogP contribution >= 0.6 is 11.3 Å². The number of anilines is 1. The van der Waals surface area contributed by atoms with Crippen molar-refractivity contribution in [3.05, 3.63) is 74.8 Å². The van der Waals surface area contributed by atoms with Crippen LogP contribution in [0.25, 0.3) is 11.1 Å². The van der Waals surface area contributed by atoms with Crippen LogP contribution < -0.4 is 10.9 Å². The summed E-state index contributed by atoms with van der Waals surface area (Å²) in [6.45, 7) is 0.